The predicted molar refractivity (Wildman–Crippen MR) is 100.0 cm³/mol. The average Bonchev–Trinajstić information content (AvgIpc) is 2.81. The SMILES string of the molecule is COc1ccccc1NC(=O)CN1C(=O)[C@@H]2C[C@H](Br)[C@@H](Br)C[C@H]2C1=O. The number of amides is 3. The summed E-state index contributed by atoms with van der Waals surface area (Å²) in [7, 11) is 1.51. The highest BCUT2D eigenvalue weighted by Crippen LogP contribution is 2.43. The van der Waals surface area contributed by atoms with E-state index in [0.717, 1.165) is 4.90 Å². The highest BCUT2D eigenvalue weighted by molar-refractivity contribution is 9.12. The van der Waals surface area contributed by atoms with E-state index in [4.69, 9.17) is 4.74 Å². The lowest BCUT2D eigenvalue weighted by Crippen LogP contribution is -2.38. The van der Waals surface area contributed by atoms with Gasteiger partial charge in [-0.15, -0.1) is 0 Å². The van der Waals surface area contributed by atoms with Crippen LogP contribution in [0.1, 0.15) is 12.8 Å². The Morgan fingerprint density at radius 1 is 1.16 bits per heavy atom. The molecule has 2 fully saturated rings. The van der Waals surface area contributed by atoms with Crippen LogP contribution in [0.4, 0.5) is 5.69 Å². The maximum atomic E-state index is 12.6. The van der Waals surface area contributed by atoms with Crippen molar-refractivity contribution in [1.29, 1.82) is 0 Å². The van der Waals surface area contributed by atoms with Crippen LogP contribution in [0.25, 0.3) is 0 Å². The van der Waals surface area contributed by atoms with Crippen LogP contribution in [0, 0.1) is 11.8 Å². The molecule has 0 aromatic heterocycles. The normalized spacial score (nSPS) is 28.7. The van der Waals surface area contributed by atoms with Gasteiger partial charge in [-0.05, 0) is 25.0 Å². The van der Waals surface area contributed by atoms with E-state index in [1.165, 1.54) is 7.11 Å². The second kappa shape index (κ2) is 7.45. The van der Waals surface area contributed by atoms with Gasteiger partial charge in [-0.3, -0.25) is 19.3 Å². The van der Waals surface area contributed by atoms with Gasteiger partial charge < -0.3 is 10.1 Å². The third-order valence-corrected chi connectivity index (χ3v) is 7.42. The minimum atomic E-state index is -0.421. The predicted octanol–water partition coefficient (Wildman–Crippen LogP) is 2.56. The first-order valence-electron chi connectivity index (χ1n) is 7.98. The number of anilines is 1. The highest BCUT2D eigenvalue weighted by atomic mass is 79.9. The second-order valence-electron chi connectivity index (χ2n) is 6.23. The Balaban J connectivity index is 1.69. The quantitative estimate of drug-likeness (QED) is 0.538. The Kier molecular flexibility index (Phi) is 5.48. The Hall–Kier alpha value is -1.41. The third-order valence-electron chi connectivity index (χ3n) is 4.69. The molecule has 1 aromatic carbocycles. The number of carbonyl (C=O) groups is 3. The van der Waals surface area contributed by atoms with Crippen LogP contribution in [0.2, 0.25) is 0 Å². The van der Waals surface area contributed by atoms with Crippen molar-refractivity contribution in [2.24, 2.45) is 11.8 Å². The monoisotopic (exact) mass is 472 g/mol. The first-order valence-corrected chi connectivity index (χ1v) is 9.81. The molecule has 4 atom stereocenters. The lowest BCUT2D eigenvalue weighted by atomic mass is 9.81. The van der Waals surface area contributed by atoms with E-state index < -0.39 is 5.91 Å². The molecule has 1 saturated heterocycles. The molecular weight excluding hydrogens is 456 g/mol. The largest absolute Gasteiger partial charge is 0.495 e. The van der Waals surface area contributed by atoms with Crippen molar-refractivity contribution in [1.82, 2.24) is 4.90 Å². The molecule has 0 radical (unpaired) electrons. The highest BCUT2D eigenvalue weighted by Gasteiger charge is 2.52. The number of benzene rings is 1. The molecule has 0 unspecified atom stereocenters. The van der Waals surface area contributed by atoms with E-state index in [1.807, 2.05) is 0 Å². The van der Waals surface area contributed by atoms with Gasteiger partial charge in [0.05, 0.1) is 24.6 Å². The first-order chi connectivity index (χ1) is 11.9. The molecule has 8 heteroatoms. The summed E-state index contributed by atoms with van der Waals surface area (Å²) >= 11 is 7.09. The van der Waals surface area contributed by atoms with Crippen molar-refractivity contribution >= 4 is 55.3 Å². The number of halogens is 2. The van der Waals surface area contributed by atoms with E-state index in [0.29, 0.717) is 24.3 Å². The van der Waals surface area contributed by atoms with E-state index in [9.17, 15) is 14.4 Å². The maximum Gasteiger partial charge on any atom is 0.244 e. The van der Waals surface area contributed by atoms with Gasteiger partial charge in [-0.2, -0.15) is 0 Å². The molecule has 1 aromatic rings. The smallest absolute Gasteiger partial charge is 0.244 e. The number of hydrogen-bond acceptors (Lipinski definition) is 4. The summed E-state index contributed by atoms with van der Waals surface area (Å²) in [6.07, 6.45) is 1.19. The zero-order chi connectivity index (χ0) is 18.1. The topological polar surface area (TPSA) is 75.7 Å². The summed E-state index contributed by atoms with van der Waals surface area (Å²) in [4.78, 5) is 38.9. The van der Waals surface area contributed by atoms with Gasteiger partial charge in [0.25, 0.3) is 0 Å². The van der Waals surface area contributed by atoms with Crippen LogP contribution < -0.4 is 10.1 Å². The fourth-order valence-corrected chi connectivity index (χ4v) is 4.64. The van der Waals surface area contributed by atoms with E-state index in [1.54, 1.807) is 24.3 Å². The molecule has 0 spiro atoms. The fourth-order valence-electron chi connectivity index (χ4n) is 3.40. The van der Waals surface area contributed by atoms with Crippen molar-refractivity contribution in [3.05, 3.63) is 24.3 Å². The summed E-state index contributed by atoms with van der Waals surface area (Å²) in [5.41, 5.74) is 0.507. The molecule has 1 saturated carbocycles. The van der Waals surface area contributed by atoms with Gasteiger partial charge in [0.2, 0.25) is 17.7 Å². The van der Waals surface area contributed by atoms with E-state index >= 15 is 0 Å². The number of carbonyl (C=O) groups excluding carboxylic acids is 3. The molecule has 3 rings (SSSR count). The number of nitrogens with one attached hydrogen (secondary N) is 1. The van der Waals surface area contributed by atoms with Crippen molar-refractivity contribution in [3.63, 3.8) is 0 Å². The number of para-hydroxylation sites is 2. The maximum absolute atomic E-state index is 12.6. The molecule has 1 aliphatic heterocycles. The number of ether oxygens (including phenoxy) is 1. The van der Waals surface area contributed by atoms with Gasteiger partial charge in [0, 0.05) is 9.65 Å². The molecule has 1 aliphatic carbocycles. The van der Waals surface area contributed by atoms with Crippen LogP contribution >= 0.6 is 31.9 Å². The Morgan fingerprint density at radius 3 is 2.28 bits per heavy atom. The second-order valence-corrected chi connectivity index (χ2v) is 8.58. The lowest BCUT2D eigenvalue weighted by Gasteiger charge is -2.29. The Bertz CT molecular complexity index is 684. The first kappa shape index (κ1) is 18.4. The molecule has 6 nitrogen and oxygen atoms in total. The molecule has 0 bridgehead atoms. The number of alkyl halides is 2. The molecule has 25 heavy (non-hydrogen) atoms. The zero-order valence-electron chi connectivity index (χ0n) is 13.6. The Labute approximate surface area is 162 Å². The summed E-state index contributed by atoms with van der Waals surface area (Å²) < 4.78 is 5.19. The van der Waals surface area contributed by atoms with Gasteiger partial charge in [0.1, 0.15) is 12.3 Å². The number of fused-ring (bicyclic) bond motifs is 1. The summed E-state index contributed by atoms with van der Waals surface area (Å²) in [5, 5.41) is 2.70. The van der Waals surface area contributed by atoms with Crippen LogP contribution in [0.5, 0.6) is 5.75 Å². The summed E-state index contributed by atoms with van der Waals surface area (Å²) in [6.45, 7) is -0.275. The molecule has 1 N–H and O–H groups in total. The van der Waals surface area contributed by atoms with Gasteiger partial charge >= 0.3 is 0 Å². The van der Waals surface area contributed by atoms with Gasteiger partial charge in [0.15, 0.2) is 0 Å². The lowest BCUT2D eigenvalue weighted by molar-refractivity contribution is -0.142. The van der Waals surface area contributed by atoms with Crippen LogP contribution in [-0.4, -0.2) is 45.9 Å². The number of hydrogen-bond donors (Lipinski definition) is 1. The van der Waals surface area contributed by atoms with Gasteiger partial charge in [-0.1, -0.05) is 44.0 Å². The van der Waals surface area contributed by atoms with Crippen molar-refractivity contribution in [3.8, 4) is 5.75 Å². The molecular formula is C17H18Br2N2O4. The third kappa shape index (κ3) is 3.60. The summed E-state index contributed by atoms with van der Waals surface area (Å²) in [6, 6.07) is 6.99. The van der Waals surface area contributed by atoms with Crippen LogP contribution in [0.15, 0.2) is 24.3 Å². The molecule has 2 aliphatic rings. The van der Waals surface area contributed by atoms with E-state index in [2.05, 4.69) is 37.2 Å². The standard InChI is InChI=1S/C17H18Br2N2O4/c1-25-14-5-3-2-4-13(14)20-15(22)8-21-16(23)9-6-11(18)12(19)7-10(9)17(21)24/h2-5,9-12H,6-8H2,1H3,(H,20,22)/t9-,10-,11+,12+/m1/s1. The summed E-state index contributed by atoms with van der Waals surface area (Å²) in [5.74, 6) is -1.10. The van der Waals surface area contributed by atoms with Crippen LogP contribution in [-0.2, 0) is 14.4 Å². The molecule has 1 heterocycles. The Morgan fingerprint density at radius 2 is 1.72 bits per heavy atom. The average molecular weight is 474 g/mol. The van der Waals surface area contributed by atoms with Gasteiger partial charge in [-0.25, -0.2) is 0 Å². The number of likely N-dealkylation sites (tertiary alicyclic amines) is 1. The minimum absolute atomic E-state index is 0.146. The number of rotatable bonds is 4. The van der Waals surface area contributed by atoms with Crippen molar-refractivity contribution in [2.75, 3.05) is 19.0 Å². The number of nitrogens with zero attached hydrogens (tertiary/aromatic N) is 1. The molecule has 134 valence electrons. The fraction of sp³-hybridized carbons (Fsp3) is 0.471. The van der Waals surface area contributed by atoms with E-state index in [-0.39, 0.29) is 39.8 Å². The molecule has 3 amide bonds. The zero-order valence-corrected chi connectivity index (χ0v) is 16.7. The van der Waals surface area contributed by atoms with Crippen LogP contribution in [0.3, 0.4) is 0 Å². The minimum Gasteiger partial charge on any atom is -0.495 e. The van der Waals surface area contributed by atoms with Crippen molar-refractivity contribution < 1.29 is 19.1 Å². The number of imide groups is 1. The van der Waals surface area contributed by atoms with Crippen molar-refractivity contribution in [2.45, 2.75) is 22.5 Å². The number of methoxy groups -OCH3 is 1.